The third kappa shape index (κ3) is 4.10. The van der Waals surface area contributed by atoms with Crippen molar-refractivity contribution in [3.05, 3.63) is 76.7 Å². The van der Waals surface area contributed by atoms with Gasteiger partial charge in [0, 0.05) is 11.8 Å². The summed E-state index contributed by atoms with van der Waals surface area (Å²) in [6.45, 7) is 3.48. The quantitative estimate of drug-likeness (QED) is 0.458. The summed E-state index contributed by atoms with van der Waals surface area (Å²) in [7, 11) is 1.49. The van der Waals surface area contributed by atoms with Crippen LogP contribution in [0.4, 0.5) is 34.6 Å². The molecule has 0 N–H and O–H groups in total. The number of carbonyl (C=O) groups excluding carboxylic acids is 1. The second-order valence-electron chi connectivity index (χ2n) is 7.64. The molecule has 5 nitrogen and oxygen atoms in total. The molecule has 0 bridgehead atoms. The number of carbonyl (C=O) groups is 1. The number of rotatable bonds is 4. The minimum absolute atomic E-state index is 0.0688. The number of hydrogen-bond donors (Lipinski definition) is 0. The van der Waals surface area contributed by atoms with Crippen molar-refractivity contribution in [2.75, 3.05) is 23.6 Å². The van der Waals surface area contributed by atoms with Crippen LogP contribution in [0.3, 0.4) is 0 Å². The van der Waals surface area contributed by atoms with E-state index in [1.54, 1.807) is 24.0 Å². The van der Waals surface area contributed by atoms with Crippen molar-refractivity contribution in [2.45, 2.75) is 26.4 Å². The Balaban J connectivity index is 1.91. The minimum Gasteiger partial charge on any atom is -0.481 e. The summed E-state index contributed by atoms with van der Waals surface area (Å²) < 4.78 is 59.3. The van der Waals surface area contributed by atoms with Crippen LogP contribution in [0.1, 0.15) is 34.1 Å². The Morgan fingerprint density at radius 2 is 1.73 bits per heavy atom. The largest absolute Gasteiger partial charge is 0.481 e. The molecule has 172 valence electrons. The molecule has 0 aliphatic carbocycles. The van der Waals surface area contributed by atoms with Gasteiger partial charge < -0.3 is 9.64 Å². The molecule has 0 spiro atoms. The third-order valence-corrected chi connectivity index (χ3v) is 5.58. The summed E-state index contributed by atoms with van der Waals surface area (Å²) in [4.78, 5) is 20.9. The molecule has 0 atom stereocenters. The van der Waals surface area contributed by atoms with E-state index in [1.807, 2.05) is 6.92 Å². The molecular weight excluding hydrogens is 438 g/mol. The van der Waals surface area contributed by atoms with Crippen molar-refractivity contribution >= 4 is 23.0 Å². The van der Waals surface area contributed by atoms with Crippen molar-refractivity contribution in [1.82, 2.24) is 4.98 Å². The highest BCUT2D eigenvalue weighted by atomic mass is 19.4. The Morgan fingerprint density at radius 3 is 2.36 bits per heavy atom. The molecule has 0 saturated carbocycles. The van der Waals surface area contributed by atoms with E-state index in [4.69, 9.17) is 4.74 Å². The van der Waals surface area contributed by atoms with Crippen LogP contribution < -0.4 is 14.5 Å². The molecule has 0 saturated heterocycles. The van der Waals surface area contributed by atoms with E-state index in [-0.39, 0.29) is 17.9 Å². The number of ether oxygens (including phenoxy) is 1. The fraction of sp³-hybridized carbons (Fsp3) is 0.250. The average molecular weight is 459 g/mol. The van der Waals surface area contributed by atoms with E-state index >= 15 is 0 Å². The lowest BCUT2D eigenvalue weighted by atomic mass is 10.0. The molecule has 4 rings (SSSR count). The van der Waals surface area contributed by atoms with E-state index in [1.165, 1.54) is 36.3 Å². The Kier molecular flexibility index (Phi) is 5.73. The fourth-order valence-corrected chi connectivity index (χ4v) is 3.95. The molecule has 3 aromatic rings. The van der Waals surface area contributed by atoms with Crippen LogP contribution in [-0.4, -0.2) is 24.7 Å². The van der Waals surface area contributed by atoms with Crippen molar-refractivity contribution in [3.8, 4) is 5.88 Å². The number of halogens is 4. The second kappa shape index (κ2) is 8.38. The summed E-state index contributed by atoms with van der Waals surface area (Å²) >= 11 is 0. The number of anilines is 3. The molecule has 1 aliphatic rings. The predicted molar refractivity (Wildman–Crippen MR) is 117 cm³/mol. The van der Waals surface area contributed by atoms with Crippen LogP contribution in [0, 0.1) is 12.7 Å². The van der Waals surface area contributed by atoms with E-state index in [2.05, 4.69) is 4.98 Å². The number of methoxy groups -OCH3 is 1. The third-order valence-electron chi connectivity index (χ3n) is 5.58. The first-order valence-corrected chi connectivity index (χ1v) is 10.2. The highest BCUT2D eigenvalue weighted by Gasteiger charge is 2.37. The Morgan fingerprint density at radius 1 is 1.00 bits per heavy atom. The van der Waals surface area contributed by atoms with Crippen LogP contribution in [0.2, 0.25) is 0 Å². The van der Waals surface area contributed by atoms with Crippen LogP contribution in [0.15, 0.2) is 48.5 Å². The zero-order chi connectivity index (χ0) is 23.9. The molecule has 33 heavy (non-hydrogen) atoms. The van der Waals surface area contributed by atoms with Gasteiger partial charge in [-0.25, -0.2) is 9.37 Å². The first kappa shape index (κ1) is 22.6. The molecule has 0 unspecified atom stereocenters. The van der Waals surface area contributed by atoms with Gasteiger partial charge in [-0.1, -0.05) is 6.92 Å². The monoisotopic (exact) mass is 459 g/mol. The molecule has 1 aromatic heterocycles. The van der Waals surface area contributed by atoms with Crippen LogP contribution in [0.5, 0.6) is 5.88 Å². The van der Waals surface area contributed by atoms with Crippen LogP contribution in [-0.2, 0) is 12.6 Å². The van der Waals surface area contributed by atoms with Gasteiger partial charge in [0.1, 0.15) is 12.5 Å². The Labute approximate surface area is 188 Å². The molecule has 0 fully saturated rings. The van der Waals surface area contributed by atoms with Gasteiger partial charge >= 0.3 is 6.18 Å². The number of amides is 1. The number of alkyl halides is 3. The molecule has 1 amide bonds. The summed E-state index contributed by atoms with van der Waals surface area (Å²) in [5.41, 5.74) is 1.50. The van der Waals surface area contributed by atoms with E-state index in [0.717, 1.165) is 12.1 Å². The fourth-order valence-electron chi connectivity index (χ4n) is 3.95. The number of aromatic nitrogens is 1. The molecule has 2 aromatic carbocycles. The van der Waals surface area contributed by atoms with Crippen LogP contribution in [0.25, 0.3) is 0 Å². The lowest BCUT2D eigenvalue weighted by Gasteiger charge is -2.39. The minimum atomic E-state index is -4.58. The predicted octanol–water partition coefficient (Wildman–Crippen LogP) is 5.87. The summed E-state index contributed by atoms with van der Waals surface area (Å²) in [5, 5.41) is 0. The maximum atomic E-state index is 13.8. The van der Waals surface area contributed by atoms with E-state index in [0.29, 0.717) is 34.9 Å². The van der Waals surface area contributed by atoms with Gasteiger partial charge in [-0.05, 0) is 61.4 Å². The lowest BCUT2D eigenvalue weighted by Crippen LogP contribution is -2.45. The van der Waals surface area contributed by atoms with Crippen molar-refractivity contribution in [2.24, 2.45) is 0 Å². The summed E-state index contributed by atoms with van der Waals surface area (Å²) in [5.74, 6) is -0.518. The van der Waals surface area contributed by atoms with Gasteiger partial charge in [0.2, 0.25) is 5.88 Å². The standard InChI is InChI=1S/C24H21F4N3O2/c1-4-18-20(9-10-22(29-18)33-3)31-13-30(19-8-6-16(25)11-14(19)2)21-12-15(24(26,27)28)5-7-17(21)23(31)32/h5-12H,4,13H2,1-3H3. The summed E-state index contributed by atoms with van der Waals surface area (Å²) in [6.07, 6.45) is -4.07. The number of pyridine rings is 1. The normalized spacial score (nSPS) is 13.8. The number of aryl methyl sites for hydroxylation is 2. The number of benzene rings is 2. The van der Waals surface area contributed by atoms with Gasteiger partial charge in [0.15, 0.2) is 0 Å². The second-order valence-corrected chi connectivity index (χ2v) is 7.64. The average Bonchev–Trinajstić information content (AvgIpc) is 2.78. The van der Waals surface area contributed by atoms with Gasteiger partial charge in [-0.3, -0.25) is 9.69 Å². The maximum Gasteiger partial charge on any atom is 0.416 e. The van der Waals surface area contributed by atoms with Gasteiger partial charge in [-0.15, -0.1) is 0 Å². The zero-order valence-corrected chi connectivity index (χ0v) is 18.2. The first-order valence-electron chi connectivity index (χ1n) is 10.2. The molecule has 1 aliphatic heterocycles. The Bertz CT molecular complexity index is 1230. The summed E-state index contributed by atoms with van der Waals surface area (Å²) in [6, 6.07) is 10.4. The number of hydrogen-bond acceptors (Lipinski definition) is 4. The molecule has 2 heterocycles. The van der Waals surface area contributed by atoms with Crippen molar-refractivity contribution in [1.29, 1.82) is 0 Å². The Hall–Kier alpha value is -3.62. The molecule has 9 heteroatoms. The molecule has 0 radical (unpaired) electrons. The topological polar surface area (TPSA) is 45.7 Å². The van der Waals surface area contributed by atoms with Crippen LogP contribution >= 0.6 is 0 Å². The highest BCUT2D eigenvalue weighted by molar-refractivity contribution is 6.13. The smallest absolute Gasteiger partial charge is 0.416 e. The highest BCUT2D eigenvalue weighted by Crippen LogP contribution is 2.41. The van der Waals surface area contributed by atoms with Crippen molar-refractivity contribution in [3.63, 3.8) is 0 Å². The van der Waals surface area contributed by atoms with Crippen molar-refractivity contribution < 1.29 is 27.1 Å². The molecular formula is C24H21F4N3O2. The maximum absolute atomic E-state index is 13.8. The van der Waals surface area contributed by atoms with E-state index < -0.39 is 23.5 Å². The van der Waals surface area contributed by atoms with Gasteiger partial charge in [0.25, 0.3) is 5.91 Å². The van der Waals surface area contributed by atoms with Gasteiger partial charge in [-0.2, -0.15) is 13.2 Å². The van der Waals surface area contributed by atoms with Gasteiger partial charge in [0.05, 0.1) is 35.3 Å². The number of nitrogens with zero attached hydrogens (tertiary/aromatic N) is 3. The SMILES string of the molecule is CCc1nc(OC)ccc1N1CN(c2ccc(F)cc2C)c2cc(C(F)(F)F)ccc2C1=O. The zero-order valence-electron chi connectivity index (χ0n) is 18.2. The first-order chi connectivity index (χ1) is 15.6. The van der Waals surface area contributed by atoms with E-state index in [9.17, 15) is 22.4 Å². The number of fused-ring (bicyclic) bond motifs is 1. The lowest BCUT2D eigenvalue weighted by molar-refractivity contribution is -0.137.